The van der Waals surface area contributed by atoms with E-state index in [4.69, 9.17) is 11.5 Å². The SMILES string of the molecule is C[CH+]CCN(CCN)C(=O)CC(N)C(=O)NN(Cc1ccc(C(F)(F)F)cc1)C(=O)Nc1cc2ccccc2[n+](C)c1. The maximum atomic E-state index is 13.4. The Labute approximate surface area is 242 Å². The number of hydrogen-bond acceptors (Lipinski definition) is 5. The fourth-order valence-electron chi connectivity index (χ4n) is 4.24. The number of unbranched alkanes of at least 4 members (excludes halogenated alkanes) is 1. The van der Waals surface area contributed by atoms with E-state index in [1.807, 2.05) is 49.2 Å². The number of fused-ring (bicyclic) bond motifs is 1. The number of pyridine rings is 1. The van der Waals surface area contributed by atoms with Crippen LogP contribution in [0.2, 0.25) is 0 Å². The zero-order chi connectivity index (χ0) is 30.9. The van der Waals surface area contributed by atoms with E-state index in [1.165, 1.54) is 17.0 Å². The number of alkyl halides is 3. The van der Waals surface area contributed by atoms with Crippen LogP contribution in [0.4, 0.5) is 23.7 Å². The van der Waals surface area contributed by atoms with Crippen LogP contribution in [0.5, 0.6) is 0 Å². The molecule has 0 aliphatic heterocycles. The number of aryl methyl sites for hydroxylation is 1. The lowest BCUT2D eigenvalue weighted by Gasteiger charge is -2.26. The summed E-state index contributed by atoms with van der Waals surface area (Å²) >= 11 is 0. The average Bonchev–Trinajstić information content (AvgIpc) is 2.94. The predicted octanol–water partition coefficient (Wildman–Crippen LogP) is 2.87. The highest BCUT2D eigenvalue weighted by Gasteiger charge is 2.30. The van der Waals surface area contributed by atoms with Gasteiger partial charge in [0.25, 0.3) is 5.91 Å². The number of carbonyl (C=O) groups excluding carboxylic acids is 3. The minimum atomic E-state index is -4.53. The first-order valence-corrected chi connectivity index (χ1v) is 13.4. The number of rotatable bonds is 11. The van der Waals surface area contributed by atoms with E-state index in [0.717, 1.165) is 28.0 Å². The van der Waals surface area contributed by atoms with Gasteiger partial charge in [-0.15, -0.1) is 0 Å². The molecule has 13 heteroatoms. The summed E-state index contributed by atoms with van der Waals surface area (Å²) in [4.78, 5) is 40.7. The highest BCUT2D eigenvalue weighted by molar-refractivity contribution is 5.94. The van der Waals surface area contributed by atoms with E-state index in [9.17, 15) is 27.6 Å². The lowest BCUT2D eigenvalue weighted by atomic mass is 10.1. The summed E-state index contributed by atoms with van der Waals surface area (Å²) in [6.07, 6.45) is -0.631. The normalized spacial score (nSPS) is 12.0. The minimum absolute atomic E-state index is 0.241. The highest BCUT2D eigenvalue weighted by atomic mass is 19.4. The second-order valence-electron chi connectivity index (χ2n) is 9.76. The van der Waals surface area contributed by atoms with Crippen LogP contribution < -0.4 is 26.8 Å². The molecule has 0 saturated carbocycles. The predicted molar refractivity (Wildman–Crippen MR) is 152 cm³/mol. The fraction of sp³-hybridized carbons (Fsp3) is 0.345. The lowest BCUT2D eigenvalue weighted by Crippen LogP contribution is -2.54. The molecule has 3 aromatic rings. The molecule has 1 atom stereocenters. The third-order valence-corrected chi connectivity index (χ3v) is 6.49. The van der Waals surface area contributed by atoms with E-state index >= 15 is 0 Å². The molecule has 1 heterocycles. The largest absolute Gasteiger partial charge is 0.416 e. The molecular formula is C29H36F3N7O3+2. The molecule has 10 nitrogen and oxygen atoms in total. The molecular weight excluding hydrogens is 551 g/mol. The quantitative estimate of drug-likeness (QED) is 0.155. The number of amides is 4. The Morgan fingerprint density at radius 1 is 1.07 bits per heavy atom. The van der Waals surface area contributed by atoms with Gasteiger partial charge in [-0.3, -0.25) is 15.0 Å². The monoisotopic (exact) mass is 587 g/mol. The smallest absolute Gasteiger partial charge is 0.337 e. The van der Waals surface area contributed by atoms with E-state index in [0.29, 0.717) is 30.8 Å². The number of hydrogen-bond donors (Lipinski definition) is 4. The van der Waals surface area contributed by atoms with Crippen LogP contribution in [0, 0.1) is 6.42 Å². The molecule has 224 valence electrons. The van der Waals surface area contributed by atoms with Crippen molar-refractivity contribution in [3.63, 3.8) is 0 Å². The second kappa shape index (κ2) is 14.5. The number of carbonyl (C=O) groups is 3. The number of nitrogens with one attached hydrogen (secondary N) is 2. The Morgan fingerprint density at radius 2 is 1.76 bits per heavy atom. The number of nitrogens with zero attached hydrogens (tertiary/aromatic N) is 3. The van der Waals surface area contributed by atoms with Gasteiger partial charge in [-0.1, -0.05) is 24.3 Å². The maximum absolute atomic E-state index is 13.4. The second-order valence-corrected chi connectivity index (χ2v) is 9.76. The number of benzene rings is 2. The maximum Gasteiger partial charge on any atom is 0.416 e. The summed E-state index contributed by atoms with van der Waals surface area (Å²) in [7, 11) is 1.81. The number of hydrazine groups is 1. The number of anilines is 1. The van der Waals surface area contributed by atoms with Gasteiger partial charge >= 0.3 is 12.2 Å². The van der Waals surface area contributed by atoms with Crippen LogP contribution in [0.1, 0.15) is 30.9 Å². The van der Waals surface area contributed by atoms with E-state index < -0.39 is 29.7 Å². The molecule has 6 N–H and O–H groups in total. The van der Waals surface area contributed by atoms with Crippen molar-refractivity contribution in [3.05, 3.63) is 78.3 Å². The average molecular weight is 588 g/mol. The highest BCUT2D eigenvalue weighted by Crippen LogP contribution is 2.29. The van der Waals surface area contributed by atoms with Crippen molar-refractivity contribution >= 4 is 34.4 Å². The number of halogens is 3. The van der Waals surface area contributed by atoms with Gasteiger partial charge in [-0.05, 0) is 29.8 Å². The lowest BCUT2D eigenvalue weighted by molar-refractivity contribution is -0.644. The van der Waals surface area contributed by atoms with Gasteiger partial charge in [0.2, 0.25) is 11.4 Å². The molecule has 4 amide bonds. The molecule has 0 aliphatic rings. The Bertz CT molecular complexity index is 1380. The zero-order valence-corrected chi connectivity index (χ0v) is 23.5. The third kappa shape index (κ3) is 8.82. The van der Waals surface area contributed by atoms with Crippen LogP contribution in [0.25, 0.3) is 10.9 Å². The molecule has 0 fully saturated rings. The molecule has 42 heavy (non-hydrogen) atoms. The van der Waals surface area contributed by atoms with Gasteiger partial charge in [0, 0.05) is 24.5 Å². The fourth-order valence-corrected chi connectivity index (χ4v) is 4.24. The van der Waals surface area contributed by atoms with Crippen molar-refractivity contribution in [2.24, 2.45) is 18.5 Å². The summed E-state index contributed by atoms with van der Waals surface area (Å²) in [5, 5.41) is 4.47. The number of nitrogens with two attached hydrogens (primary N) is 2. The molecule has 0 saturated heterocycles. The van der Waals surface area contributed by atoms with E-state index in [2.05, 4.69) is 10.7 Å². The zero-order valence-electron chi connectivity index (χ0n) is 23.5. The summed E-state index contributed by atoms with van der Waals surface area (Å²) in [5.41, 5.74) is 14.9. The summed E-state index contributed by atoms with van der Waals surface area (Å²) in [6, 6.07) is 11.4. The molecule has 1 unspecified atom stereocenters. The minimum Gasteiger partial charge on any atom is -0.337 e. The van der Waals surface area contributed by atoms with Crippen molar-refractivity contribution in [1.82, 2.24) is 15.3 Å². The molecule has 0 aliphatic carbocycles. The van der Waals surface area contributed by atoms with Crippen LogP contribution >= 0.6 is 0 Å². The van der Waals surface area contributed by atoms with Crippen molar-refractivity contribution in [2.45, 2.75) is 38.5 Å². The van der Waals surface area contributed by atoms with Crippen LogP contribution in [-0.2, 0) is 29.4 Å². The first kappa shape index (κ1) is 32.2. The Morgan fingerprint density at radius 3 is 2.40 bits per heavy atom. The summed E-state index contributed by atoms with van der Waals surface area (Å²) in [5.74, 6) is -1.18. The first-order chi connectivity index (χ1) is 19.9. The van der Waals surface area contributed by atoms with Crippen LogP contribution in [-0.4, -0.2) is 53.4 Å². The van der Waals surface area contributed by atoms with Gasteiger partial charge in [0.05, 0.1) is 44.5 Å². The number of aromatic nitrogens is 1. The molecule has 2 aromatic carbocycles. The van der Waals surface area contributed by atoms with Gasteiger partial charge in [0.1, 0.15) is 19.2 Å². The van der Waals surface area contributed by atoms with Crippen molar-refractivity contribution in [2.75, 3.05) is 25.0 Å². The van der Waals surface area contributed by atoms with E-state index in [-0.39, 0.29) is 25.4 Å². The van der Waals surface area contributed by atoms with Crippen LogP contribution in [0.3, 0.4) is 0 Å². The Balaban J connectivity index is 1.80. The van der Waals surface area contributed by atoms with Crippen LogP contribution in [0.15, 0.2) is 60.8 Å². The van der Waals surface area contributed by atoms with Gasteiger partial charge in [0.15, 0.2) is 6.20 Å². The molecule has 3 rings (SSSR count). The first-order valence-electron chi connectivity index (χ1n) is 13.4. The number of para-hydroxylation sites is 1. The van der Waals surface area contributed by atoms with E-state index in [1.54, 1.807) is 12.3 Å². The topological polar surface area (TPSA) is 138 Å². The summed E-state index contributed by atoms with van der Waals surface area (Å²) < 4.78 is 41.0. The molecule has 0 bridgehead atoms. The molecule has 0 spiro atoms. The number of urea groups is 1. The molecule has 0 radical (unpaired) electrons. The van der Waals surface area contributed by atoms with Gasteiger partial charge in [-0.25, -0.2) is 9.80 Å². The summed E-state index contributed by atoms with van der Waals surface area (Å²) in [6.45, 7) is 2.55. The Hall–Kier alpha value is -4.36. The van der Waals surface area contributed by atoms with Crippen molar-refractivity contribution < 1.29 is 32.1 Å². The third-order valence-electron chi connectivity index (χ3n) is 6.49. The van der Waals surface area contributed by atoms with Gasteiger partial charge in [-0.2, -0.15) is 17.7 Å². The van der Waals surface area contributed by atoms with Crippen molar-refractivity contribution in [3.8, 4) is 0 Å². The van der Waals surface area contributed by atoms with Crippen molar-refractivity contribution in [1.29, 1.82) is 0 Å². The molecule has 1 aromatic heterocycles. The Kier molecular flexibility index (Phi) is 11.1. The van der Waals surface area contributed by atoms with Gasteiger partial charge < -0.3 is 21.7 Å². The standard InChI is InChI=1S/C29H34F3N7O3/c1-3-4-14-38(15-13-33)26(40)17-24(34)27(41)36-39(18-20-9-11-22(12-10-20)29(30,31)32)28(42)35-23-16-21-7-5-6-8-25(21)37(2)19-23/h3,5-12,16,19,24H,4,13-15,17-18,33-34H2,1-2H3/p+2.